The number of fused-ring (bicyclic) bond motifs is 1. The summed E-state index contributed by atoms with van der Waals surface area (Å²) in [4.78, 5) is 33.1. The van der Waals surface area contributed by atoms with Crippen LogP contribution in [0.3, 0.4) is 0 Å². The minimum atomic E-state index is -0.498. The fourth-order valence-corrected chi connectivity index (χ4v) is 2.49. The van der Waals surface area contributed by atoms with Gasteiger partial charge in [0.25, 0.3) is 5.56 Å². The van der Waals surface area contributed by atoms with E-state index < -0.39 is 5.97 Å². The van der Waals surface area contributed by atoms with Gasteiger partial charge >= 0.3 is 5.97 Å². The third-order valence-electron chi connectivity index (χ3n) is 3.66. The summed E-state index contributed by atoms with van der Waals surface area (Å²) < 4.78 is 6.42. The van der Waals surface area contributed by atoms with Crippen LogP contribution in [0.25, 0.3) is 16.6 Å². The summed E-state index contributed by atoms with van der Waals surface area (Å²) in [5.41, 5.74) is 7.79. The zero-order chi connectivity index (χ0) is 17.3. The molecule has 0 aliphatic rings. The Morgan fingerprint density at radius 1 is 1.38 bits per heavy atom. The molecule has 2 N–H and O–H groups in total. The van der Waals surface area contributed by atoms with E-state index in [2.05, 4.69) is 9.97 Å². The number of rotatable bonds is 3. The molecule has 3 rings (SSSR count). The van der Waals surface area contributed by atoms with Crippen LogP contribution in [-0.4, -0.2) is 27.1 Å². The van der Waals surface area contributed by atoms with Gasteiger partial charge in [0.15, 0.2) is 0 Å². The van der Waals surface area contributed by atoms with Crippen molar-refractivity contribution in [3.05, 3.63) is 58.4 Å². The molecule has 0 aromatic carbocycles. The van der Waals surface area contributed by atoms with E-state index in [0.717, 1.165) is 0 Å². The maximum absolute atomic E-state index is 12.8. The SMILES string of the molecule is CCOC(=O)c1cc2c(=O)n(-c3ccncc3N)ccc2nc1C. The number of aromatic nitrogens is 3. The molecule has 0 atom stereocenters. The van der Waals surface area contributed by atoms with Crippen molar-refractivity contribution in [1.82, 2.24) is 14.5 Å². The first-order valence-corrected chi connectivity index (χ1v) is 7.43. The molecule has 0 aliphatic heterocycles. The van der Waals surface area contributed by atoms with Crippen LogP contribution in [0.15, 0.2) is 41.6 Å². The van der Waals surface area contributed by atoms with Crippen LogP contribution < -0.4 is 11.3 Å². The van der Waals surface area contributed by atoms with Crippen LogP contribution in [0.1, 0.15) is 23.0 Å². The van der Waals surface area contributed by atoms with E-state index in [4.69, 9.17) is 10.5 Å². The van der Waals surface area contributed by atoms with Crippen LogP contribution in [-0.2, 0) is 4.74 Å². The van der Waals surface area contributed by atoms with E-state index in [0.29, 0.717) is 28.0 Å². The molecular formula is C17H16N4O3. The third kappa shape index (κ3) is 2.60. The second-order valence-electron chi connectivity index (χ2n) is 5.20. The molecule has 3 aromatic heterocycles. The van der Waals surface area contributed by atoms with E-state index >= 15 is 0 Å². The number of aryl methyl sites for hydroxylation is 1. The summed E-state index contributed by atoms with van der Waals surface area (Å²) in [6.45, 7) is 3.68. The first kappa shape index (κ1) is 15.7. The Kier molecular flexibility index (Phi) is 3.99. The van der Waals surface area contributed by atoms with E-state index in [1.165, 1.54) is 16.8 Å². The van der Waals surface area contributed by atoms with E-state index in [1.54, 1.807) is 38.4 Å². The van der Waals surface area contributed by atoms with Gasteiger partial charge in [0, 0.05) is 12.4 Å². The highest BCUT2D eigenvalue weighted by atomic mass is 16.5. The van der Waals surface area contributed by atoms with Crippen LogP contribution in [0.5, 0.6) is 0 Å². The Hall–Kier alpha value is -3.22. The lowest BCUT2D eigenvalue weighted by molar-refractivity contribution is 0.0525. The highest BCUT2D eigenvalue weighted by Crippen LogP contribution is 2.18. The third-order valence-corrected chi connectivity index (χ3v) is 3.66. The van der Waals surface area contributed by atoms with Crippen molar-refractivity contribution in [2.24, 2.45) is 0 Å². The second kappa shape index (κ2) is 6.11. The number of ether oxygens (including phenoxy) is 1. The first-order valence-electron chi connectivity index (χ1n) is 7.43. The maximum atomic E-state index is 12.8. The lowest BCUT2D eigenvalue weighted by Crippen LogP contribution is -2.20. The molecule has 0 radical (unpaired) electrons. The van der Waals surface area contributed by atoms with E-state index in [1.807, 2.05) is 0 Å². The summed E-state index contributed by atoms with van der Waals surface area (Å²) in [5, 5.41) is 0.322. The lowest BCUT2D eigenvalue weighted by Gasteiger charge is -2.11. The average Bonchev–Trinajstić information content (AvgIpc) is 2.56. The van der Waals surface area contributed by atoms with Gasteiger partial charge in [-0.15, -0.1) is 0 Å². The fraction of sp³-hybridized carbons (Fsp3) is 0.176. The molecule has 7 nitrogen and oxygen atoms in total. The van der Waals surface area contributed by atoms with Crippen molar-refractivity contribution in [3.8, 4) is 5.69 Å². The number of pyridine rings is 3. The smallest absolute Gasteiger partial charge is 0.339 e. The Morgan fingerprint density at radius 3 is 2.88 bits per heavy atom. The van der Waals surface area contributed by atoms with E-state index in [9.17, 15) is 9.59 Å². The van der Waals surface area contributed by atoms with Crippen molar-refractivity contribution >= 4 is 22.6 Å². The zero-order valence-electron chi connectivity index (χ0n) is 13.3. The number of carbonyl (C=O) groups excluding carboxylic acids is 1. The normalized spacial score (nSPS) is 10.8. The van der Waals surface area contributed by atoms with Crippen LogP contribution in [0, 0.1) is 6.92 Å². The predicted octanol–water partition coefficient (Wildman–Crippen LogP) is 1.85. The van der Waals surface area contributed by atoms with Gasteiger partial charge in [-0.05, 0) is 32.0 Å². The molecule has 0 spiro atoms. The van der Waals surface area contributed by atoms with E-state index in [-0.39, 0.29) is 17.7 Å². The molecule has 7 heteroatoms. The highest BCUT2D eigenvalue weighted by molar-refractivity contribution is 5.95. The molecular weight excluding hydrogens is 308 g/mol. The minimum Gasteiger partial charge on any atom is -0.462 e. The summed E-state index contributed by atoms with van der Waals surface area (Å²) in [7, 11) is 0. The van der Waals surface area contributed by atoms with Gasteiger partial charge in [0.1, 0.15) is 0 Å². The number of hydrogen-bond acceptors (Lipinski definition) is 6. The predicted molar refractivity (Wildman–Crippen MR) is 90.2 cm³/mol. The van der Waals surface area contributed by atoms with Gasteiger partial charge in [-0.1, -0.05) is 0 Å². The molecule has 0 amide bonds. The molecule has 0 bridgehead atoms. The van der Waals surface area contributed by atoms with Crippen molar-refractivity contribution in [2.45, 2.75) is 13.8 Å². The van der Waals surface area contributed by atoms with Gasteiger partial charge < -0.3 is 10.5 Å². The molecule has 3 heterocycles. The monoisotopic (exact) mass is 324 g/mol. The van der Waals surface area contributed by atoms with Crippen molar-refractivity contribution in [3.63, 3.8) is 0 Å². The summed E-state index contributed by atoms with van der Waals surface area (Å²) in [5.74, 6) is -0.498. The minimum absolute atomic E-state index is 0.253. The zero-order valence-corrected chi connectivity index (χ0v) is 13.3. The topological polar surface area (TPSA) is 100 Å². The van der Waals surface area contributed by atoms with Crippen LogP contribution >= 0.6 is 0 Å². The van der Waals surface area contributed by atoms with Crippen LogP contribution in [0.2, 0.25) is 0 Å². The summed E-state index contributed by atoms with van der Waals surface area (Å²) >= 11 is 0. The largest absolute Gasteiger partial charge is 0.462 e. The Morgan fingerprint density at radius 2 is 2.17 bits per heavy atom. The Balaban J connectivity index is 2.25. The van der Waals surface area contributed by atoms with Gasteiger partial charge in [-0.25, -0.2) is 4.79 Å². The number of nitrogens with zero attached hydrogens (tertiary/aromatic N) is 3. The molecule has 3 aromatic rings. The quantitative estimate of drug-likeness (QED) is 0.738. The Bertz CT molecular complexity index is 995. The standard InChI is InChI=1S/C17H16N4O3/c1-3-24-17(23)11-8-12-14(20-10(11)2)5-7-21(16(12)22)15-4-6-19-9-13(15)18/h4-9H,3,18H2,1-2H3. The highest BCUT2D eigenvalue weighted by Gasteiger charge is 2.15. The lowest BCUT2D eigenvalue weighted by atomic mass is 10.1. The van der Waals surface area contributed by atoms with Crippen molar-refractivity contribution < 1.29 is 9.53 Å². The van der Waals surface area contributed by atoms with Gasteiger partial charge in [-0.3, -0.25) is 19.3 Å². The number of anilines is 1. The fourth-order valence-electron chi connectivity index (χ4n) is 2.49. The van der Waals surface area contributed by atoms with Crippen molar-refractivity contribution in [2.75, 3.05) is 12.3 Å². The molecule has 24 heavy (non-hydrogen) atoms. The molecule has 0 fully saturated rings. The van der Waals surface area contributed by atoms with Gasteiger partial charge in [-0.2, -0.15) is 0 Å². The van der Waals surface area contributed by atoms with Crippen LogP contribution in [0.4, 0.5) is 5.69 Å². The molecule has 122 valence electrons. The number of esters is 1. The number of nitrogens with two attached hydrogens (primary N) is 1. The van der Waals surface area contributed by atoms with Crippen molar-refractivity contribution in [1.29, 1.82) is 0 Å². The van der Waals surface area contributed by atoms with Gasteiger partial charge in [0.05, 0.1) is 46.3 Å². The average molecular weight is 324 g/mol. The maximum Gasteiger partial charge on any atom is 0.339 e. The second-order valence-corrected chi connectivity index (χ2v) is 5.20. The number of nitrogen functional groups attached to an aromatic ring is 1. The first-order chi connectivity index (χ1) is 11.5. The van der Waals surface area contributed by atoms with Gasteiger partial charge in [0.2, 0.25) is 0 Å². The summed E-state index contributed by atoms with van der Waals surface area (Å²) in [6.07, 6.45) is 4.63. The number of hydrogen-bond donors (Lipinski definition) is 1. The molecule has 0 saturated carbocycles. The number of carbonyl (C=O) groups is 1. The molecule has 0 saturated heterocycles. The Labute approximate surface area is 137 Å². The summed E-state index contributed by atoms with van der Waals surface area (Å²) in [6, 6.07) is 4.88. The molecule has 0 unspecified atom stereocenters. The molecule has 0 aliphatic carbocycles.